The molecule has 0 aliphatic carbocycles. The monoisotopic (exact) mass is 488 g/mol. The molecule has 1 aromatic heterocycles. The van der Waals surface area contributed by atoms with Gasteiger partial charge in [-0.2, -0.15) is 0 Å². The van der Waals surface area contributed by atoms with E-state index >= 15 is 0 Å². The molecule has 5 heteroatoms. The van der Waals surface area contributed by atoms with Gasteiger partial charge in [0.05, 0.1) is 5.39 Å². The molecule has 0 saturated carbocycles. The summed E-state index contributed by atoms with van der Waals surface area (Å²) in [5.74, 6) is 0. The van der Waals surface area contributed by atoms with Crippen LogP contribution in [-0.2, 0) is 0 Å². The Hall–Kier alpha value is -1.62. The van der Waals surface area contributed by atoms with Crippen LogP contribution < -0.4 is 10.7 Å². The van der Waals surface area contributed by atoms with Crippen molar-refractivity contribution in [1.82, 2.24) is 4.90 Å². The summed E-state index contributed by atoms with van der Waals surface area (Å²) in [4.78, 5) is 15.9. The van der Waals surface area contributed by atoms with E-state index in [9.17, 15) is 4.79 Å². The van der Waals surface area contributed by atoms with Crippen LogP contribution in [0.25, 0.3) is 20.2 Å². The van der Waals surface area contributed by atoms with Crippen molar-refractivity contribution in [3.05, 3.63) is 52.2 Å². The van der Waals surface area contributed by atoms with Gasteiger partial charge >= 0.3 is 0 Å². The third-order valence-electron chi connectivity index (χ3n) is 6.32. The highest BCUT2D eigenvalue weighted by atomic mass is 35.5. The average molecular weight is 489 g/mol. The van der Waals surface area contributed by atoms with E-state index in [4.69, 9.17) is 0 Å². The zero-order chi connectivity index (χ0) is 22.8. The van der Waals surface area contributed by atoms with Gasteiger partial charge in [-0.05, 0) is 56.6 Å². The number of hydrogen-bond acceptors (Lipinski definition) is 4. The number of anilines is 1. The number of rotatable bonds is 14. The fraction of sp³-hybridized carbons (Fsp3) is 0.536. The molecule has 3 rings (SSSR count). The Morgan fingerprint density at radius 2 is 1.52 bits per heavy atom. The lowest BCUT2D eigenvalue weighted by Crippen LogP contribution is -2.31. The fourth-order valence-corrected chi connectivity index (χ4v) is 5.56. The smallest absolute Gasteiger partial charge is 0.197 e. The van der Waals surface area contributed by atoms with E-state index in [1.807, 2.05) is 18.2 Å². The molecule has 33 heavy (non-hydrogen) atoms. The Kier molecular flexibility index (Phi) is 12.2. The topological polar surface area (TPSA) is 32.3 Å². The van der Waals surface area contributed by atoms with Gasteiger partial charge in [-0.15, -0.1) is 23.7 Å². The first-order valence-corrected chi connectivity index (χ1v) is 13.4. The van der Waals surface area contributed by atoms with Crippen molar-refractivity contribution in [1.29, 1.82) is 0 Å². The molecular formula is C28H41ClN2OS. The lowest BCUT2D eigenvalue weighted by molar-refractivity contribution is 0.270. The van der Waals surface area contributed by atoms with Gasteiger partial charge in [-0.1, -0.05) is 70.6 Å². The van der Waals surface area contributed by atoms with Gasteiger partial charge in [0, 0.05) is 33.6 Å². The van der Waals surface area contributed by atoms with E-state index in [1.54, 1.807) is 11.3 Å². The number of fused-ring (bicyclic) bond motifs is 2. The highest BCUT2D eigenvalue weighted by Crippen LogP contribution is 2.31. The summed E-state index contributed by atoms with van der Waals surface area (Å²) in [6, 6.07) is 12.2. The van der Waals surface area contributed by atoms with Crippen molar-refractivity contribution in [2.45, 2.75) is 72.1 Å². The number of aryl methyl sites for hydroxylation is 1. The molecule has 0 amide bonds. The number of benzene rings is 2. The Labute approximate surface area is 210 Å². The van der Waals surface area contributed by atoms with Gasteiger partial charge in [0.25, 0.3) is 0 Å². The Balaban J connectivity index is 0.00000385. The molecule has 0 bridgehead atoms. The highest BCUT2D eigenvalue weighted by Gasteiger charge is 2.12. The normalized spacial score (nSPS) is 11.3. The molecule has 0 aliphatic rings. The predicted molar refractivity (Wildman–Crippen MR) is 151 cm³/mol. The van der Waals surface area contributed by atoms with Crippen LogP contribution in [0.3, 0.4) is 0 Å². The first-order valence-electron chi connectivity index (χ1n) is 12.6. The van der Waals surface area contributed by atoms with Crippen molar-refractivity contribution in [3.63, 3.8) is 0 Å². The van der Waals surface area contributed by atoms with Gasteiger partial charge in [0.1, 0.15) is 0 Å². The summed E-state index contributed by atoms with van der Waals surface area (Å²) < 4.78 is 2.17. The van der Waals surface area contributed by atoms with Crippen molar-refractivity contribution >= 4 is 49.6 Å². The van der Waals surface area contributed by atoms with Gasteiger partial charge in [0.15, 0.2) is 5.43 Å². The summed E-state index contributed by atoms with van der Waals surface area (Å²) in [5.41, 5.74) is 2.30. The van der Waals surface area contributed by atoms with Crippen LogP contribution in [-0.4, -0.2) is 31.1 Å². The molecule has 0 saturated heterocycles. The van der Waals surface area contributed by atoms with Gasteiger partial charge in [0.2, 0.25) is 0 Å². The molecule has 2 aromatic carbocycles. The van der Waals surface area contributed by atoms with Crippen molar-refractivity contribution in [2.24, 2.45) is 0 Å². The Morgan fingerprint density at radius 3 is 2.18 bits per heavy atom. The summed E-state index contributed by atoms with van der Waals surface area (Å²) in [5, 5.41) is 5.30. The van der Waals surface area contributed by atoms with Crippen molar-refractivity contribution in [3.8, 4) is 0 Å². The molecule has 0 atom stereocenters. The molecule has 0 fully saturated rings. The fourth-order valence-electron chi connectivity index (χ4n) is 4.39. The van der Waals surface area contributed by atoms with E-state index in [2.05, 4.69) is 49.2 Å². The lowest BCUT2D eigenvalue weighted by Gasteiger charge is -2.23. The molecule has 0 spiro atoms. The minimum atomic E-state index is 0. The van der Waals surface area contributed by atoms with Crippen LogP contribution in [0.15, 0.2) is 41.2 Å². The SMILES string of the molecule is CCCCCCN(CCCCCC)CCNc1ccc(C)c2sc3ccccc3c(=O)c12.Cl. The summed E-state index contributed by atoms with van der Waals surface area (Å²) in [6.07, 6.45) is 10.5. The minimum absolute atomic E-state index is 0. The maximum absolute atomic E-state index is 13.3. The molecule has 0 radical (unpaired) electrons. The lowest BCUT2D eigenvalue weighted by atomic mass is 10.1. The van der Waals surface area contributed by atoms with Crippen LogP contribution in [0.5, 0.6) is 0 Å². The second-order valence-electron chi connectivity index (χ2n) is 8.95. The van der Waals surface area contributed by atoms with Crippen molar-refractivity contribution < 1.29 is 0 Å². The van der Waals surface area contributed by atoms with Crippen molar-refractivity contribution in [2.75, 3.05) is 31.5 Å². The zero-order valence-electron chi connectivity index (χ0n) is 20.6. The zero-order valence-corrected chi connectivity index (χ0v) is 22.3. The average Bonchev–Trinajstić information content (AvgIpc) is 2.81. The largest absolute Gasteiger partial charge is 0.383 e. The van der Waals surface area contributed by atoms with Gasteiger partial charge in [-0.25, -0.2) is 0 Å². The van der Waals surface area contributed by atoms with Crippen LogP contribution in [0, 0.1) is 6.92 Å². The molecule has 0 unspecified atom stereocenters. The number of hydrogen-bond donors (Lipinski definition) is 1. The molecule has 1 N–H and O–H groups in total. The van der Waals surface area contributed by atoms with Crippen LogP contribution in [0.4, 0.5) is 5.69 Å². The third kappa shape index (κ3) is 7.70. The Bertz CT molecular complexity index is 1040. The molecule has 182 valence electrons. The maximum atomic E-state index is 13.3. The minimum Gasteiger partial charge on any atom is -0.383 e. The van der Waals surface area contributed by atoms with E-state index in [-0.39, 0.29) is 17.8 Å². The second kappa shape index (κ2) is 14.6. The number of nitrogens with one attached hydrogen (secondary N) is 1. The van der Waals surface area contributed by atoms with Gasteiger partial charge < -0.3 is 10.2 Å². The standard InChI is InChI=1S/C28H40N2OS.ClH/c1-4-6-8-12-19-30(20-13-9-7-5-2)21-18-29-24-17-16-22(3)28-26(24)27(31)23-14-10-11-15-25(23)32-28;/h10-11,14-17,29H,4-9,12-13,18-21H2,1-3H3;1H. The maximum Gasteiger partial charge on any atom is 0.197 e. The summed E-state index contributed by atoms with van der Waals surface area (Å²) in [7, 11) is 0. The van der Waals surface area contributed by atoms with E-state index in [1.165, 1.54) is 70.0 Å². The van der Waals surface area contributed by atoms with E-state index in [0.29, 0.717) is 0 Å². The Morgan fingerprint density at radius 1 is 0.848 bits per heavy atom. The summed E-state index contributed by atoms with van der Waals surface area (Å²) >= 11 is 1.73. The van der Waals surface area contributed by atoms with Gasteiger partial charge in [-0.3, -0.25) is 4.79 Å². The molecule has 3 aromatic rings. The predicted octanol–water partition coefficient (Wildman–Crippen LogP) is 8.02. The molecular weight excluding hydrogens is 448 g/mol. The van der Waals surface area contributed by atoms with Crippen LogP contribution in [0.1, 0.15) is 70.8 Å². The highest BCUT2D eigenvalue weighted by molar-refractivity contribution is 7.24. The van der Waals surface area contributed by atoms with E-state index in [0.717, 1.165) is 38.9 Å². The number of unbranched alkanes of at least 4 members (excludes halogenated alkanes) is 6. The second-order valence-corrected chi connectivity index (χ2v) is 10.0. The number of halogens is 1. The number of nitrogens with zero attached hydrogens (tertiary/aromatic N) is 1. The molecule has 1 heterocycles. The van der Waals surface area contributed by atoms with Crippen LogP contribution >= 0.6 is 23.7 Å². The quantitative estimate of drug-likeness (QED) is 0.184. The molecule has 0 aliphatic heterocycles. The third-order valence-corrected chi connectivity index (χ3v) is 7.63. The van der Waals surface area contributed by atoms with E-state index < -0.39 is 0 Å². The van der Waals surface area contributed by atoms with Crippen LogP contribution in [0.2, 0.25) is 0 Å². The molecule has 3 nitrogen and oxygen atoms in total. The summed E-state index contributed by atoms with van der Waals surface area (Å²) in [6.45, 7) is 10.9. The first kappa shape index (κ1) is 27.6. The first-order chi connectivity index (χ1) is 15.7.